The average molecular weight is 174 g/mol. The van der Waals surface area contributed by atoms with Gasteiger partial charge in [-0.1, -0.05) is 13.8 Å². The summed E-state index contributed by atoms with van der Waals surface area (Å²) in [5, 5.41) is 25.3. The molecule has 0 heterocycles. The summed E-state index contributed by atoms with van der Waals surface area (Å²) in [5.41, 5.74) is -1.08. The maximum atomic E-state index is 9.57. The van der Waals surface area contributed by atoms with Gasteiger partial charge in [0.2, 0.25) is 0 Å². The van der Waals surface area contributed by atoms with E-state index < -0.39 is 5.72 Å². The second kappa shape index (κ2) is 5.22. The highest BCUT2D eigenvalue weighted by Crippen LogP contribution is 2.17. The van der Waals surface area contributed by atoms with Gasteiger partial charge in [0.15, 0.2) is 5.72 Å². The van der Waals surface area contributed by atoms with Crippen molar-refractivity contribution < 1.29 is 10.2 Å². The van der Waals surface area contributed by atoms with E-state index >= 15 is 0 Å². The Balaban J connectivity index is 3.85. The van der Waals surface area contributed by atoms with Crippen molar-refractivity contribution in [1.29, 1.82) is 0 Å². The van der Waals surface area contributed by atoms with E-state index in [1.807, 2.05) is 13.8 Å². The van der Waals surface area contributed by atoms with Gasteiger partial charge in [0.05, 0.1) is 13.2 Å². The maximum Gasteiger partial charge on any atom is 0.173 e. The van der Waals surface area contributed by atoms with Crippen LogP contribution in [0.5, 0.6) is 0 Å². The number of azo groups is 1. The lowest BCUT2D eigenvalue weighted by Crippen LogP contribution is -2.22. The number of hydrogen-bond acceptors (Lipinski definition) is 4. The van der Waals surface area contributed by atoms with Crippen LogP contribution < -0.4 is 0 Å². The van der Waals surface area contributed by atoms with E-state index in [0.717, 1.165) is 0 Å². The Morgan fingerprint density at radius 1 is 1.42 bits per heavy atom. The van der Waals surface area contributed by atoms with Gasteiger partial charge in [-0.15, -0.1) is 0 Å². The molecule has 4 nitrogen and oxygen atoms in total. The molecule has 0 aromatic carbocycles. The third kappa shape index (κ3) is 6.24. The summed E-state index contributed by atoms with van der Waals surface area (Å²) in [7, 11) is 0. The molecule has 0 spiro atoms. The van der Waals surface area contributed by atoms with Crippen molar-refractivity contribution in [2.75, 3.05) is 13.2 Å². The molecule has 72 valence electrons. The fraction of sp³-hybridized carbons (Fsp3) is 1.00. The Morgan fingerprint density at radius 2 is 2.00 bits per heavy atom. The molecular formula is C8H18N2O2. The quantitative estimate of drug-likeness (QED) is 0.615. The van der Waals surface area contributed by atoms with Crippen LogP contribution in [0.3, 0.4) is 0 Å². The molecule has 12 heavy (non-hydrogen) atoms. The molecule has 0 aromatic rings. The van der Waals surface area contributed by atoms with E-state index in [1.165, 1.54) is 0 Å². The molecule has 0 amide bonds. The Kier molecular flexibility index (Phi) is 5.01. The number of aliphatic hydroxyl groups excluding tert-OH is 1. The van der Waals surface area contributed by atoms with E-state index in [-0.39, 0.29) is 13.2 Å². The maximum absolute atomic E-state index is 9.57. The van der Waals surface area contributed by atoms with Gasteiger partial charge >= 0.3 is 0 Å². The summed E-state index contributed by atoms with van der Waals surface area (Å²) < 4.78 is 0. The van der Waals surface area contributed by atoms with Crippen molar-refractivity contribution >= 4 is 0 Å². The van der Waals surface area contributed by atoms with Gasteiger partial charge in [-0.05, 0) is 12.8 Å². The number of nitrogens with zero attached hydrogens (tertiary/aromatic N) is 2. The predicted molar refractivity (Wildman–Crippen MR) is 46.9 cm³/mol. The largest absolute Gasteiger partial charge is 0.394 e. The third-order valence-electron chi connectivity index (χ3n) is 1.28. The Morgan fingerprint density at radius 3 is 2.42 bits per heavy atom. The van der Waals surface area contributed by atoms with Gasteiger partial charge in [-0.2, -0.15) is 10.2 Å². The molecule has 2 N–H and O–H groups in total. The SMILES string of the molecule is CC(C)CC(C)(O)N=NCCO. The van der Waals surface area contributed by atoms with E-state index in [0.29, 0.717) is 12.3 Å². The number of rotatable bonds is 5. The molecule has 0 fully saturated rings. The van der Waals surface area contributed by atoms with Gasteiger partial charge in [-0.3, -0.25) is 0 Å². The first-order valence-electron chi connectivity index (χ1n) is 4.20. The summed E-state index contributed by atoms with van der Waals surface area (Å²) in [6, 6.07) is 0. The standard InChI is InChI=1S/C8H18N2O2/c1-7(2)6-8(3,12)10-9-4-5-11/h7,11-12H,4-6H2,1-3H3. The third-order valence-corrected chi connectivity index (χ3v) is 1.28. The van der Waals surface area contributed by atoms with Crippen LogP contribution in [0.1, 0.15) is 27.2 Å². The molecule has 0 aliphatic carbocycles. The van der Waals surface area contributed by atoms with Crippen molar-refractivity contribution in [2.45, 2.75) is 32.9 Å². The predicted octanol–water partition coefficient (Wildman–Crippen LogP) is 1.19. The van der Waals surface area contributed by atoms with Gasteiger partial charge in [0.1, 0.15) is 0 Å². The minimum absolute atomic E-state index is 0.0265. The van der Waals surface area contributed by atoms with E-state index in [9.17, 15) is 5.11 Å². The van der Waals surface area contributed by atoms with Crippen LogP contribution >= 0.6 is 0 Å². The van der Waals surface area contributed by atoms with Gasteiger partial charge < -0.3 is 10.2 Å². The Labute approximate surface area is 73.3 Å². The Hall–Kier alpha value is -0.480. The average Bonchev–Trinajstić information content (AvgIpc) is 1.84. The van der Waals surface area contributed by atoms with Crippen LogP contribution in [0.15, 0.2) is 10.2 Å². The molecule has 0 rings (SSSR count). The van der Waals surface area contributed by atoms with E-state index in [4.69, 9.17) is 5.11 Å². The molecule has 0 aliphatic rings. The first-order valence-corrected chi connectivity index (χ1v) is 4.20. The zero-order valence-electron chi connectivity index (χ0n) is 7.99. The molecule has 0 radical (unpaired) electrons. The molecule has 0 aromatic heterocycles. The van der Waals surface area contributed by atoms with Gasteiger partial charge in [-0.25, -0.2) is 0 Å². The highest BCUT2D eigenvalue weighted by molar-refractivity contribution is 4.68. The van der Waals surface area contributed by atoms with Crippen LogP contribution in [0, 0.1) is 5.92 Å². The molecule has 0 bridgehead atoms. The van der Waals surface area contributed by atoms with Crippen LogP contribution in [-0.2, 0) is 0 Å². The van der Waals surface area contributed by atoms with Crippen molar-refractivity contribution in [2.24, 2.45) is 16.1 Å². The van der Waals surface area contributed by atoms with Crippen molar-refractivity contribution in [3.05, 3.63) is 0 Å². The van der Waals surface area contributed by atoms with Crippen LogP contribution in [0.25, 0.3) is 0 Å². The Bertz CT molecular complexity index is 144. The van der Waals surface area contributed by atoms with E-state index in [1.54, 1.807) is 6.92 Å². The second-order valence-electron chi connectivity index (χ2n) is 3.50. The van der Waals surface area contributed by atoms with Gasteiger partial charge in [0, 0.05) is 6.42 Å². The summed E-state index contributed by atoms with van der Waals surface area (Å²) in [6.45, 7) is 5.87. The summed E-state index contributed by atoms with van der Waals surface area (Å²) in [4.78, 5) is 0. The highest BCUT2D eigenvalue weighted by Gasteiger charge is 2.20. The molecule has 4 heteroatoms. The zero-order chi connectivity index (χ0) is 9.61. The fourth-order valence-electron chi connectivity index (χ4n) is 1.06. The fourth-order valence-corrected chi connectivity index (χ4v) is 1.06. The molecule has 1 atom stereocenters. The van der Waals surface area contributed by atoms with Gasteiger partial charge in [0.25, 0.3) is 0 Å². The van der Waals surface area contributed by atoms with Crippen LogP contribution in [0.4, 0.5) is 0 Å². The highest BCUT2D eigenvalue weighted by atomic mass is 16.3. The monoisotopic (exact) mass is 174 g/mol. The molecule has 1 unspecified atom stereocenters. The summed E-state index contributed by atoms with van der Waals surface area (Å²) in [5.74, 6) is 0.382. The number of aliphatic hydroxyl groups is 2. The first-order chi connectivity index (χ1) is 5.48. The second-order valence-corrected chi connectivity index (χ2v) is 3.50. The molecule has 0 saturated heterocycles. The van der Waals surface area contributed by atoms with Crippen molar-refractivity contribution in [3.8, 4) is 0 Å². The first kappa shape index (κ1) is 11.5. The lowest BCUT2D eigenvalue weighted by Gasteiger charge is -2.18. The van der Waals surface area contributed by atoms with Crippen molar-refractivity contribution in [1.82, 2.24) is 0 Å². The molecule has 0 saturated carbocycles. The lowest BCUT2D eigenvalue weighted by atomic mass is 10.0. The smallest absolute Gasteiger partial charge is 0.173 e. The summed E-state index contributed by atoms with van der Waals surface area (Å²) >= 11 is 0. The minimum atomic E-state index is -1.08. The van der Waals surface area contributed by atoms with Crippen LogP contribution in [-0.4, -0.2) is 29.1 Å². The topological polar surface area (TPSA) is 65.2 Å². The molecule has 0 aliphatic heterocycles. The molecular weight excluding hydrogens is 156 g/mol. The summed E-state index contributed by atoms with van der Waals surface area (Å²) in [6.07, 6.45) is 0.585. The number of hydrogen-bond donors (Lipinski definition) is 2. The zero-order valence-corrected chi connectivity index (χ0v) is 7.99. The van der Waals surface area contributed by atoms with Crippen LogP contribution in [0.2, 0.25) is 0 Å². The minimum Gasteiger partial charge on any atom is -0.394 e. The van der Waals surface area contributed by atoms with E-state index in [2.05, 4.69) is 10.2 Å². The van der Waals surface area contributed by atoms with Crippen molar-refractivity contribution in [3.63, 3.8) is 0 Å². The lowest BCUT2D eigenvalue weighted by molar-refractivity contribution is 0.0392. The normalized spacial score (nSPS) is 17.2.